The predicted molar refractivity (Wildman–Crippen MR) is 85.9 cm³/mol. The maximum Gasteiger partial charge on any atom is 0.165 e. The van der Waals surface area contributed by atoms with E-state index in [2.05, 4.69) is 15.0 Å². The van der Waals surface area contributed by atoms with E-state index in [1.165, 1.54) is 7.11 Å². The minimum absolute atomic E-state index is 0.292. The fourth-order valence-electron chi connectivity index (χ4n) is 3.29. The molecular formula is C17H23FN4O. The standard InChI is InChI=1S/C17H23FN4O/c1-12-19-13(2)22(20-12)11-15-5-4-8-21(15)10-14-6-7-17(23-3)16(18)9-14/h6-7,9,15H,4-5,8,10-11H2,1-3H3/t15-/m1/s1. The van der Waals surface area contributed by atoms with Crippen LogP contribution in [0.1, 0.15) is 30.1 Å². The van der Waals surface area contributed by atoms with Crippen molar-refractivity contribution in [2.75, 3.05) is 13.7 Å². The van der Waals surface area contributed by atoms with Gasteiger partial charge in [0.1, 0.15) is 11.6 Å². The number of benzene rings is 1. The molecule has 1 aromatic heterocycles. The lowest BCUT2D eigenvalue weighted by molar-refractivity contribution is 0.217. The Bertz CT molecular complexity index is 685. The zero-order valence-electron chi connectivity index (χ0n) is 13.9. The Hall–Kier alpha value is -1.95. The van der Waals surface area contributed by atoms with Crippen LogP contribution in [0.3, 0.4) is 0 Å². The number of likely N-dealkylation sites (tertiary alicyclic amines) is 1. The summed E-state index contributed by atoms with van der Waals surface area (Å²) in [6.45, 7) is 6.52. The lowest BCUT2D eigenvalue weighted by Crippen LogP contribution is -2.33. The van der Waals surface area contributed by atoms with Gasteiger partial charge in [0.25, 0.3) is 0 Å². The third-order valence-corrected chi connectivity index (χ3v) is 4.45. The van der Waals surface area contributed by atoms with E-state index in [4.69, 9.17) is 4.74 Å². The number of halogens is 1. The van der Waals surface area contributed by atoms with Gasteiger partial charge in [0.15, 0.2) is 11.6 Å². The van der Waals surface area contributed by atoms with Gasteiger partial charge in [-0.1, -0.05) is 6.07 Å². The van der Waals surface area contributed by atoms with Crippen molar-refractivity contribution in [2.24, 2.45) is 0 Å². The number of hydrogen-bond donors (Lipinski definition) is 0. The number of hydrogen-bond acceptors (Lipinski definition) is 4. The Kier molecular flexibility index (Phi) is 4.61. The molecular weight excluding hydrogens is 295 g/mol. The van der Waals surface area contributed by atoms with Crippen LogP contribution < -0.4 is 4.74 Å². The number of aryl methyl sites for hydroxylation is 2. The Morgan fingerprint density at radius 1 is 1.35 bits per heavy atom. The summed E-state index contributed by atoms with van der Waals surface area (Å²) in [7, 11) is 1.48. The summed E-state index contributed by atoms with van der Waals surface area (Å²) < 4.78 is 20.8. The molecule has 2 heterocycles. The molecule has 0 amide bonds. The molecule has 1 fully saturated rings. The average Bonchev–Trinajstić information content (AvgIpc) is 3.06. The molecule has 0 unspecified atom stereocenters. The lowest BCUT2D eigenvalue weighted by atomic mass is 10.1. The van der Waals surface area contributed by atoms with Crippen LogP contribution in [0.5, 0.6) is 5.75 Å². The molecule has 124 valence electrons. The SMILES string of the molecule is COc1ccc(CN2CCC[C@@H]2Cn2nc(C)nc2C)cc1F. The third kappa shape index (κ3) is 3.52. The molecule has 0 N–H and O–H groups in total. The molecule has 1 saturated heterocycles. The maximum atomic E-state index is 13.9. The van der Waals surface area contributed by atoms with Crippen LogP contribution in [0.2, 0.25) is 0 Å². The van der Waals surface area contributed by atoms with Crippen LogP contribution in [0, 0.1) is 19.7 Å². The zero-order chi connectivity index (χ0) is 16.4. The van der Waals surface area contributed by atoms with Gasteiger partial charge in [0.05, 0.1) is 13.7 Å². The molecule has 5 nitrogen and oxygen atoms in total. The second-order valence-corrected chi connectivity index (χ2v) is 6.12. The maximum absolute atomic E-state index is 13.9. The molecule has 2 aromatic rings. The minimum atomic E-state index is -0.302. The summed E-state index contributed by atoms with van der Waals surface area (Å²) in [5.41, 5.74) is 0.974. The summed E-state index contributed by atoms with van der Waals surface area (Å²) in [5, 5.41) is 4.45. The van der Waals surface area contributed by atoms with Gasteiger partial charge in [-0.25, -0.2) is 14.1 Å². The van der Waals surface area contributed by atoms with Crippen LogP contribution >= 0.6 is 0 Å². The van der Waals surface area contributed by atoms with Gasteiger partial charge in [-0.05, 0) is 50.9 Å². The largest absolute Gasteiger partial charge is 0.494 e. The summed E-state index contributed by atoms with van der Waals surface area (Å²) in [6.07, 6.45) is 2.30. The van der Waals surface area contributed by atoms with Crippen molar-refractivity contribution in [1.29, 1.82) is 0 Å². The highest BCUT2D eigenvalue weighted by atomic mass is 19.1. The van der Waals surface area contributed by atoms with E-state index in [0.717, 1.165) is 49.7 Å². The van der Waals surface area contributed by atoms with Gasteiger partial charge >= 0.3 is 0 Å². The van der Waals surface area contributed by atoms with E-state index in [1.54, 1.807) is 12.1 Å². The quantitative estimate of drug-likeness (QED) is 0.850. The molecule has 6 heteroatoms. The van der Waals surface area contributed by atoms with E-state index in [1.807, 2.05) is 24.6 Å². The zero-order valence-corrected chi connectivity index (χ0v) is 13.9. The van der Waals surface area contributed by atoms with Crippen molar-refractivity contribution in [3.05, 3.63) is 41.2 Å². The van der Waals surface area contributed by atoms with Gasteiger partial charge in [0.2, 0.25) is 0 Å². The normalized spacial score (nSPS) is 18.5. The third-order valence-electron chi connectivity index (χ3n) is 4.45. The highest BCUT2D eigenvalue weighted by Crippen LogP contribution is 2.24. The molecule has 0 bridgehead atoms. The smallest absolute Gasteiger partial charge is 0.165 e. The Balaban J connectivity index is 1.69. The van der Waals surface area contributed by atoms with Crippen LogP contribution in [0.4, 0.5) is 4.39 Å². The molecule has 1 atom stereocenters. The number of aromatic nitrogens is 3. The Labute approximate surface area is 136 Å². The summed E-state index contributed by atoms with van der Waals surface area (Å²) in [5.74, 6) is 1.75. The number of rotatable bonds is 5. The second kappa shape index (κ2) is 6.66. The van der Waals surface area contributed by atoms with Gasteiger partial charge in [-0.15, -0.1) is 0 Å². The fraction of sp³-hybridized carbons (Fsp3) is 0.529. The fourth-order valence-corrected chi connectivity index (χ4v) is 3.29. The highest BCUT2D eigenvalue weighted by Gasteiger charge is 2.26. The highest BCUT2D eigenvalue weighted by molar-refractivity contribution is 5.29. The van der Waals surface area contributed by atoms with Crippen molar-refractivity contribution in [2.45, 2.75) is 45.8 Å². The molecule has 1 aliphatic heterocycles. The molecule has 1 aliphatic rings. The molecule has 0 saturated carbocycles. The van der Waals surface area contributed by atoms with E-state index < -0.39 is 0 Å². The van der Waals surface area contributed by atoms with E-state index in [0.29, 0.717) is 11.8 Å². The number of ether oxygens (including phenoxy) is 1. The summed E-state index contributed by atoms with van der Waals surface area (Å²) >= 11 is 0. The van der Waals surface area contributed by atoms with Gasteiger partial charge in [0, 0.05) is 12.6 Å². The topological polar surface area (TPSA) is 43.2 Å². The minimum Gasteiger partial charge on any atom is -0.494 e. The Morgan fingerprint density at radius 2 is 2.17 bits per heavy atom. The Morgan fingerprint density at radius 3 is 2.83 bits per heavy atom. The van der Waals surface area contributed by atoms with Crippen LogP contribution in [0.15, 0.2) is 18.2 Å². The summed E-state index contributed by atoms with van der Waals surface area (Å²) in [4.78, 5) is 6.76. The first-order chi connectivity index (χ1) is 11.1. The van der Waals surface area contributed by atoms with Crippen molar-refractivity contribution < 1.29 is 9.13 Å². The number of methoxy groups -OCH3 is 1. The first-order valence-electron chi connectivity index (χ1n) is 8.01. The van der Waals surface area contributed by atoms with Crippen molar-refractivity contribution in [3.8, 4) is 5.75 Å². The first kappa shape index (κ1) is 15.9. The van der Waals surface area contributed by atoms with E-state index in [-0.39, 0.29) is 5.82 Å². The summed E-state index contributed by atoms with van der Waals surface area (Å²) in [6, 6.07) is 5.61. The van der Waals surface area contributed by atoms with Gasteiger partial charge in [-0.3, -0.25) is 4.90 Å². The molecule has 1 aromatic carbocycles. The lowest BCUT2D eigenvalue weighted by Gasteiger charge is -2.24. The van der Waals surface area contributed by atoms with Crippen molar-refractivity contribution in [1.82, 2.24) is 19.7 Å². The van der Waals surface area contributed by atoms with Crippen molar-refractivity contribution >= 4 is 0 Å². The van der Waals surface area contributed by atoms with Crippen molar-refractivity contribution in [3.63, 3.8) is 0 Å². The van der Waals surface area contributed by atoms with E-state index >= 15 is 0 Å². The van der Waals surface area contributed by atoms with Gasteiger partial charge in [-0.2, -0.15) is 5.10 Å². The number of nitrogens with zero attached hydrogens (tertiary/aromatic N) is 4. The predicted octanol–water partition coefficient (Wildman–Crippen LogP) is 2.71. The average molecular weight is 318 g/mol. The van der Waals surface area contributed by atoms with Crippen LogP contribution in [-0.2, 0) is 13.1 Å². The second-order valence-electron chi connectivity index (χ2n) is 6.12. The molecule has 3 rings (SSSR count). The van der Waals surface area contributed by atoms with E-state index in [9.17, 15) is 4.39 Å². The molecule has 0 radical (unpaired) electrons. The van der Waals surface area contributed by atoms with Crippen LogP contribution in [0.25, 0.3) is 0 Å². The molecule has 23 heavy (non-hydrogen) atoms. The monoisotopic (exact) mass is 318 g/mol. The molecule has 0 spiro atoms. The molecule has 0 aliphatic carbocycles. The first-order valence-corrected chi connectivity index (χ1v) is 8.01. The van der Waals surface area contributed by atoms with Crippen LogP contribution in [-0.4, -0.2) is 39.4 Å². The van der Waals surface area contributed by atoms with Gasteiger partial charge < -0.3 is 4.74 Å².